The largest absolute Gasteiger partial charge is 0.0955 e. The fraction of sp³-hybridized carbons (Fsp3) is 0.257. The number of hydrogen-bond donors (Lipinski definition) is 0. The summed E-state index contributed by atoms with van der Waals surface area (Å²) in [6, 6.07) is 19.9. The lowest BCUT2D eigenvalue weighted by molar-refractivity contribution is 0.619. The second kappa shape index (κ2) is 9.70. The molecule has 0 aromatic heterocycles. The van der Waals surface area contributed by atoms with E-state index in [0.29, 0.717) is 11.8 Å². The van der Waals surface area contributed by atoms with Crippen LogP contribution in [-0.2, 0) is 0 Å². The van der Waals surface area contributed by atoms with Crippen LogP contribution >= 0.6 is 0 Å². The standard InChI is InChI=1S/C35H36/c1-6-10-24(3)33-25(4)19-32-22-31(26(5)34(32)35(33)29-11-8-7-9-12-29)21-27-15-18-30(20-27)28-16-13-23(2)14-17-28/h7-9,11-19,21,34-35H,3,5-6,10,20,22H2,1-2,4H3. The number of benzene rings is 2. The van der Waals surface area contributed by atoms with Gasteiger partial charge in [0, 0.05) is 11.8 Å². The van der Waals surface area contributed by atoms with Crippen LogP contribution < -0.4 is 0 Å². The van der Waals surface area contributed by atoms with Crippen molar-refractivity contribution in [3.8, 4) is 0 Å². The maximum atomic E-state index is 4.68. The van der Waals surface area contributed by atoms with Crippen LogP contribution in [0.4, 0.5) is 0 Å². The van der Waals surface area contributed by atoms with Crippen molar-refractivity contribution >= 4 is 5.57 Å². The van der Waals surface area contributed by atoms with Crippen molar-refractivity contribution in [2.24, 2.45) is 5.92 Å². The summed E-state index contributed by atoms with van der Waals surface area (Å²) in [4.78, 5) is 0. The van der Waals surface area contributed by atoms with Crippen molar-refractivity contribution in [3.05, 3.63) is 148 Å². The first kappa shape index (κ1) is 23.4. The van der Waals surface area contributed by atoms with Crippen LogP contribution in [0.1, 0.15) is 62.1 Å². The number of hydrogen-bond acceptors (Lipinski definition) is 0. The lowest BCUT2D eigenvalue weighted by atomic mass is 9.69. The summed E-state index contributed by atoms with van der Waals surface area (Å²) < 4.78 is 0. The lowest BCUT2D eigenvalue weighted by Gasteiger charge is -2.34. The van der Waals surface area contributed by atoms with Gasteiger partial charge in [0.15, 0.2) is 0 Å². The molecule has 0 saturated heterocycles. The van der Waals surface area contributed by atoms with Crippen LogP contribution in [-0.4, -0.2) is 0 Å². The zero-order valence-electron chi connectivity index (χ0n) is 21.4. The van der Waals surface area contributed by atoms with Gasteiger partial charge in [-0.2, -0.15) is 0 Å². The van der Waals surface area contributed by atoms with E-state index in [0.717, 1.165) is 25.7 Å². The first-order chi connectivity index (χ1) is 17.0. The third-order valence-corrected chi connectivity index (χ3v) is 7.82. The molecule has 0 aliphatic heterocycles. The predicted octanol–water partition coefficient (Wildman–Crippen LogP) is 9.61. The van der Waals surface area contributed by atoms with E-state index in [-0.39, 0.29) is 0 Å². The van der Waals surface area contributed by atoms with Crippen LogP contribution in [0.15, 0.2) is 131 Å². The molecule has 35 heavy (non-hydrogen) atoms. The van der Waals surface area contributed by atoms with Gasteiger partial charge in [-0.05, 0) is 77.7 Å². The van der Waals surface area contributed by atoms with Crippen molar-refractivity contribution in [2.45, 2.75) is 52.4 Å². The Morgan fingerprint density at radius 1 is 0.943 bits per heavy atom. The monoisotopic (exact) mass is 456 g/mol. The smallest absolute Gasteiger partial charge is 0.0201 e. The zero-order valence-corrected chi connectivity index (χ0v) is 21.4. The molecule has 5 rings (SSSR count). The quantitative estimate of drug-likeness (QED) is 0.406. The molecule has 1 saturated carbocycles. The maximum Gasteiger partial charge on any atom is 0.0201 e. The van der Waals surface area contributed by atoms with Gasteiger partial charge in [-0.15, -0.1) is 0 Å². The highest BCUT2D eigenvalue weighted by Gasteiger charge is 2.40. The Kier molecular flexibility index (Phi) is 6.48. The van der Waals surface area contributed by atoms with Gasteiger partial charge >= 0.3 is 0 Å². The van der Waals surface area contributed by atoms with Crippen molar-refractivity contribution in [1.82, 2.24) is 0 Å². The molecule has 1 fully saturated rings. The van der Waals surface area contributed by atoms with Crippen molar-refractivity contribution in [3.63, 3.8) is 0 Å². The summed E-state index contributed by atoms with van der Waals surface area (Å²) in [7, 11) is 0. The van der Waals surface area contributed by atoms with E-state index >= 15 is 0 Å². The van der Waals surface area contributed by atoms with E-state index in [1.165, 1.54) is 61.3 Å². The average molecular weight is 457 g/mol. The molecule has 3 aliphatic carbocycles. The molecule has 0 heterocycles. The molecule has 2 aromatic carbocycles. The van der Waals surface area contributed by atoms with Gasteiger partial charge < -0.3 is 0 Å². The molecule has 2 atom stereocenters. The first-order valence-corrected chi connectivity index (χ1v) is 13.0. The fourth-order valence-electron chi connectivity index (χ4n) is 6.12. The van der Waals surface area contributed by atoms with Crippen LogP contribution in [0.5, 0.6) is 0 Å². The summed E-state index contributed by atoms with van der Waals surface area (Å²) in [6.45, 7) is 15.9. The minimum Gasteiger partial charge on any atom is -0.0955 e. The Hall–Kier alpha value is -3.38. The SMILES string of the molecule is C=C(CCC)C1=C(C)C=C2CC(=CC3=CC=C(c4ccc(C)cc4)C3)C(=C)C2C1c1ccccc1. The molecule has 2 aromatic rings. The van der Waals surface area contributed by atoms with Crippen molar-refractivity contribution in [2.75, 3.05) is 0 Å². The van der Waals surface area contributed by atoms with Crippen LogP contribution in [0.3, 0.4) is 0 Å². The molecule has 0 heteroatoms. The van der Waals surface area contributed by atoms with E-state index in [2.05, 4.69) is 113 Å². The Labute approximate surface area is 211 Å². The summed E-state index contributed by atoms with van der Waals surface area (Å²) in [5, 5.41) is 0. The predicted molar refractivity (Wildman–Crippen MR) is 151 cm³/mol. The topological polar surface area (TPSA) is 0 Å². The summed E-state index contributed by atoms with van der Waals surface area (Å²) in [5.74, 6) is 0.620. The molecular formula is C35H36. The molecule has 0 N–H and O–H groups in total. The van der Waals surface area contributed by atoms with Crippen LogP contribution in [0.2, 0.25) is 0 Å². The van der Waals surface area contributed by atoms with Gasteiger partial charge in [-0.1, -0.05) is 122 Å². The van der Waals surface area contributed by atoms with Crippen molar-refractivity contribution in [1.29, 1.82) is 0 Å². The van der Waals surface area contributed by atoms with E-state index < -0.39 is 0 Å². The second-order valence-electron chi connectivity index (χ2n) is 10.4. The summed E-state index contributed by atoms with van der Waals surface area (Å²) in [5.41, 5.74) is 15.0. The zero-order chi connectivity index (χ0) is 24.5. The second-order valence-corrected chi connectivity index (χ2v) is 10.4. The molecule has 0 amide bonds. The molecular weight excluding hydrogens is 420 g/mol. The van der Waals surface area contributed by atoms with Gasteiger partial charge in [0.1, 0.15) is 0 Å². The molecule has 3 aliphatic rings. The third kappa shape index (κ3) is 4.50. The number of aryl methyl sites for hydroxylation is 1. The number of rotatable bonds is 6. The Morgan fingerprint density at radius 3 is 2.40 bits per heavy atom. The maximum absolute atomic E-state index is 4.68. The van der Waals surface area contributed by atoms with Gasteiger partial charge in [-0.3, -0.25) is 0 Å². The molecule has 2 unspecified atom stereocenters. The fourth-order valence-corrected chi connectivity index (χ4v) is 6.12. The normalized spacial score (nSPS) is 22.8. The van der Waals surface area contributed by atoms with E-state index in [1.54, 1.807) is 0 Å². The van der Waals surface area contributed by atoms with E-state index in [1.807, 2.05) is 0 Å². The lowest BCUT2D eigenvalue weighted by Crippen LogP contribution is -2.21. The highest BCUT2D eigenvalue weighted by atomic mass is 14.4. The first-order valence-electron chi connectivity index (χ1n) is 13.0. The van der Waals surface area contributed by atoms with Gasteiger partial charge in [-0.25, -0.2) is 0 Å². The van der Waals surface area contributed by atoms with Crippen LogP contribution in [0, 0.1) is 12.8 Å². The van der Waals surface area contributed by atoms with Gasteiger partial charge in [0.2, 0.25) is 0 Å². The van der Waals surface area contributed by atoms with Crippen LogP contribution in [0.25, 0.3) is 5.57 Å². The highest BCUT2D eigenvalue weighted by Crippen LogP contribution is 2.55. The molecule has 0 radical (unpaired) electrons. The third-order valence-electron chi connectivity index (χ3n) is 7.82. The number of allylic oxidation sites excluding steroid dienone is 12. The Morgan fingerprint density at radius 2 is 1.69 bits per heavy atom. The summed E-state index contributed by atoms with van der Waals surface area (Å²) in [6.07, 6.45) is 13.6. The van der Waals surface area contributed by atoms with E-state index in [9.17, 15) is 0 Å². The molecule has 176 valence electrons. The van der Waals surface area contributed by atoms with Crippen molar-refractivity contribution < 1.29 is 0 Å². The molecule has 0 bridgehead atoms. The highest BCUT2D eigenvalue weighted by molar-refractivity contribution is 5.74. The Balaban J connectivity index is 1.44. The Bertz CT molecular complexity index is 1320. The van der Waals surface area contributed by atoms with E-state index in [4.69, 9.17) is 0 Å². The minimum absolute atomic E-state index is 0.299. The summed E-state index contributed by atoms with van der Waals surface area (Å²) >= 11 is 0. The average Bonchev–Trinajstić information content (AvgIpc) is 3.44. The number of fused-ring (bicyclic) bond motifs is 1. The molecule has 0 nitrogen and oxygen atoms in total. The molecule has 0 spiro atoms. The van der Waals surface area contributed by atoms with Gasteiger partial charge in [0.25, 0.3) is 0 Å². The van der Waals surface area contributed by atoms with Gasteiger partial charge in [0.05, 0.1) is 0 Å². The minimum atomic E-state index is 0.299.